The molecular formula is C31H30ClN5O2S. The van der Waals surface area contributed by atoms with Gasteiger partial charge in [0.1, 0.15) is 6.61 Å². The molecule has 0 saturated heterocycles. The number of aliphatic imine (C=N–C) groups is 1. The number of allylic oxidation sites excluding steroid dienone is 1. The molecule has 40 heavy (non-hydrogen) atoms. The minimum Gasteiger partial charge on any atom is -0.472 e. The second-order valence-electron chi connectivity index (χ2n) is 9.36. The summed E-state index contributed by atoms with van der Waals surface area (Å²) in [7, 11) is 0. The molecule has 204 valence electrons. The number of carbonyl (C=O) groups excluding carboxylic acids is 1. The Balaban J connectivity index is 1.48. The first-order valence-corrected chi connectivity index (χ1v) is 14.2. The third-order valence-corrected chi connectivity index (χ3v) is 7.92. The van der Waals surface area contributed by atoms with Crippen LogP contribution in [-0.4, -0.2) is 24.2 Å². The van der Waals surface area contributed by atoms with E-state index in [4.69, 9.17) is 21.6 Å². The summed E-state index contributed by atoms with van der Waals surface area (Å²) in [6.45, 7) is 6.40. The van der Waals surface area contributed by atoms with Crippen molar-refractivity contribution in [3.63, 3.8) is 0 Å². The third kappa shape index (κ3) is 7.32. The van der Waals surface area contributed by atoms with Crippen molar-refractivity contribution >= 4 is 58.4 Å². The van der Waals surface area contributed by atoms with Crippen molar-refractivity contribution < 1.29 is 9.53 Å². The van der Waals surface area contributed by atoms with Gasteiger partial charge in [0.05, 0.1) is 0 Å². The van der Waals surface area contributed by atoms with Gasteiger partial charge < -0.3 is 10.1 Å². The molecule has 9 heteroatoms. The number of rotatable bonds is 10. The standard InChI is InChI=1S/C31H30ClN5O2S/c1-4-35-36-16-22(14-30(38)37-26-12-13-28-24(15-26)17-39-31(28)34-19-33)6-5-7-27(23-8-10-25(32)11-9-23)29-18-40-21(3)20(29)2/h4,7-13,15-16,18,22H,5-6,14,17H2,1-3H3,(H,37,38)/b27-7-,34-31-,35-4+,36-16+/t22-/m0/s1. The number of nitrogens with zero attached hydrogens (tertiary/aromatic N) is 4. The number of nitrogens with one attached hydrogen (secondary N) is 1. The smallest absolute Gasteiger partial charge is 0.232 e. The van der Waals surface area contributed by atoms with Crippen LogP contribution in [0.1, 0.15) is 58.9 Å². The predicted octanol–water partition coefficient (Wildman–Crippen LogP) is 7.71. The Morgan fingerprint density at radius 1 is 1.23 bits per heavy atom. The summed E-state index contributed by atoms with van der Waals surface area (Å²) in [6, 6.07) is 13.3. The lowest BCUT2D eigenvalue weighted by atomic mass is 9.93. The highest BCUT2D eigenvalue weighted by Gasteiger charge is 2.20. The van der Waals surface area contributed by atoms with Gasteiger partial charge in [-0.25, -0.2) is 0 Å². The van der Waals surface area contributed by atoms with Crippen LogP contribution in [0.15, 0.2) is 69.1 Å². The Kier molecular flexibility index (Phi) is 10.0. The summed E-state index contributed by atoms with van der Waals surface area (Å²) in [5.74, 6) is 0.0822. The molecule has 0 aliphatic carbocycles. The van der Waals surface area contributed by atoms with E-state index in [0.29, 0.717) is 23.2 Å². The van der Waals surface area contributed by atoms with E-state index in [9.17, 15) is 4.79 Å². The molecule has 0 spiro atoms. The van der Waals surface area contributed by atoms with Crippen LogP contribution in [0.25, 0.3) is 5.57 Å². The van der Waals surface area contributed by atoms with Gasteiger partial charge in [-0.05, 0) is 91.6 Å². The lowest BCUT2D eigenvalue weighted by Crippen LogP contribution is -2.17. The van der Waals surface area contributed by atoms with E-state index in [1.807, 2.05) is 30.3 Å². The van der Waals surface area contributed by atoms with Crippen molar-refractivity contribution in [3.05, 3.63) is 91.6 Å². The second kappa shape index (κ2) is 13.8. The van der Waals surface area contributed by atoms with Crippen molar-refractivity contribution in [3.8, 4) is 6.19 Å². The molecule has 1 aliphatic rings. The van der Waals surface area contributed by atoms with Crippen molar-refractivity contribution in [2.75, 3.05) is 5.32 Å². The number of ether oxygens (including phenoxy) is 1. The lowest BCUT2D eigenvalue weighted by Gasteiger charge is -2.13. The fourth-order valence-corrected chi connectivity index (χ4v) is 5.49. The molecule has 0 saturated carbocycles. The van der Waals surface area contributed by atoms with Crippen molar-refractivity contribution in [2.24, 2.45) is 21.1 Å². The highest BCUT2D eigenvalue weighted by atomic mass is 35.5. The molecule has 7 nitrogen and oxygen atoms in total. The highest BCUT2D eigenvalue weighted by Crippen LogP contribution is 2.33. The van der Waals surface area contributed by atoms with Crippen LogP contribution in [-0.2, 0) is 16.1 Å². The average molecular weight is 572 g/mol. The molecule has 1 N–H and O–H groups in total. The van der Waals surface area contributed by atoms with E-state index < -0.39 is 0 Å². The number of hydrogen-bond donors (Lipinski definition) is 1. The summed E-state index contributed by atoms with van der Waals surface area (Å²) in [6.07, 6.45) is 9.09. The summed E-state index contributed by atoms with van der Waals surface area (Å²) >= 11 is 7.90. The zero-order chi connectivity index (χ0) is 28.5. The number of thiophene rings is 1. The third-order valence-electron chi connectivity index (χ3n) is 6.66. The Labute approximate surface area is 243 Å². The van der Waals surface area contributed by atoms with Crippen LogP contribution in [0.4, 0.5) is 5.69 Å². The lowest BCUT2D eigenvalue weighted by molar-refractivity contribution is -0.116. The van der Waals surface area contributed by atoms with Crippen LogP contribution in [0.5, 0.6) is 0 Å². The Morgan fingerprint density at radius 2 is 2.02 bits per heavy atom. The minimum atomic E-state index is -0.118. The number of carbonyl (C=O) groups is 1. The molecule has 1 aliphatic heterocycles. The maximum absolute atomic E-state index is 13.0. The molecule has 0 bridgehead atoms. The molecule has 2 heterocycles. The maximum atomic E-state index is 13.0. The molecule has 1 aromatic heterocycles. The Hall–Kier alpha value is -4.06. The number of benzene rings is 2. The molecule has 0 radical (unpaired) electrons. The summed E-state index contributed by atoms with van der Waals surface area (Å²) in [5, 5.41) is 22.8. The number of anilines is 1. The Bertz CT molecular complexity index is 1530. The van der Waals surface area contributed by atoms with Crippen molar-refractivity contribution in [1.82, 2.24) is 0 Å². The first kappa shape index (κ1) is 28.9. The van der Waals surface area contributed by atoms with Gasteiger partial charge in [-0.2, -0.15) is 15.5 Å². The van der Waals surface area contributed by atoms with E-state index in [0.717, 1.165) is 35.1 Å². The molecule has 4 rings (SSSR count). The molecule has 0 unspecified atom stereocenters. The van der Waals surface area contributed by atoms with Gasteiger partial charge in [0.25, 0.3) is 0 Å². The SMILES string of the molecule is C/C=N/N=C/[C@@H](CC/C=C(/c1ccc(Cl)cc1)c1csc(C)c1C)CC(=O)Nc1ccc2c(c1)CO/C2=N\C#N. The molecule has 1 atom stereocenters. The number of nitriles is 1. The quantitative estimate of drug-likeness (QED) is 0.153. The van der Waals surface area contributed by atoms with Crippen LogP contribution in [0, 0.1) is 31.2 Å². The molecular weight excluding hydrogens is 542 g/mol. The summed E-state index contributed by atoms with van der Waals surface area (Å²) in [5.41, 5.74) is 7.05. The fraction of sp³-hybridized carbons (Fsp3) is 0.258. The van der Waals surface area contributed by atoms with E-state index in [1.54, 1.807) is 49.0 Å². The van der Waals surface area contributed by atoms with E-state index in [1.165, 1.54) is 16.0 Å². The van der Waals surface area contributed by atoms with E-state index >= 15 is 0 Å². The van der Waals surface area contributed by atoms with Crippen LogP contribution < -0.4 is 5.32 Å². The molecule has 2 aromatic carbocycles. The molecule has 0 fully saturated rings. The minimum absolute atomic E-state index is 0.108. The van der Waals surface area contributed by atoms with E-state index in [2.05, 4.69) is 45.8 Å². The summed E-state index contributed by atoms with van der Waals surface area (Å²) in [4.78, 5) is 18.0. The first-order valence-electron chi connectivity index (χ1n) is 12.9. The normalized spacial score (nSPS) is 14.9. The number of aryl methyl sites for hydroxylation is 1. The van der Waals surface area contributed by atoms with Crippen LogP contribution in [0.3, 0.4) is 0 Å². The molecule has 1 amide bonds. The molecule has 3 aromatic rings. The van der Waals surface area contributed by atoms with E-state index in [-0.39, 0.29) is 18.2 Å². The van der Waals surface area contributed by atoms with Gasteiger partial charge >= 0.3 is 0 Å². The maximum Gasteiger partial charge on any atom is 0.232 e. The largest absolute Gasteiger partial charge is 0.472 e. The van der Waals surface area contributed by atoms with Gasteiger partial charge in [0, 0.05) is 51.5 Å². The van der Waals surface area contributed by atoms with Gasteiger partial charge in [-0.3, -0.25) is 4.79 Å². The highest BCUT2D eigenvalue weighted by molar-refractivity contribution is 7.10. The summed E-state index contributed by atoms with van der Waals surface area (Å²) < 4.78 is 5.46. The number of amides is 1. The van der Waals surface area contributed by atoms with Gasteiger partial charge in [0.15, 0.2) is 0 Å². The topological polar surface area (TPSA) is 99.2 Å². The van der Waals surface area contributed by atoms with Gasteiger partial charge in [0.2, 0.25) is 18.0 Å². The monoisotopic (exact) mass is 571 g/mol. The second-order valence-corrected chi connectivity index (χ2v) is 10.9. The number of halogens is 1. The van der Waals surface area contributed by atoms with Crippen LogP contribution >= 0.6 is 22.9 Å². The fourth-order valence-electron chi connectivity index (χ4n) is 4.47. The number of fused-ring (bicyclic) bond motifs is 1. The Morgan fingerprint density at radius 3 is 2.73 bits per heavy atom. The van der Waals surface area contributed by atoms with Gasteiger partial charge in [-0.1, -0.05) is 29.8 Å². The number of hydrogen-bond acceptors (Lipinski definition) is 7. The zero-order valence-electron chi connectivity index (χ0n) is 22.6. The van der Waals surface area contributed by atoms with Crippen molar-refractivity contribution in [1.29, 1.82) is 5.26 Å². The van der Waals surface area contributed by atoms with Crippen molar-refractivity contribution in [2.45, 2.75) is 46.6 Å². The predicted molar refractivity (Wildman–Crippen MR) is 164 cm³/mol. The van der Waals surface area contributed by atoms with Gasteiger partial charge in [-0.15, -0.1) is 16.3 Å². The first-order chi connectivity index (χ1) is 19.4. The van der Waals surface area contributed by atoms with Crippen LogP contribution in [0.2, 0.25) is 5.02 Å². The zero-order valence-corrected chi connectivity index (χ0v) is 24.2. The average Bonchev–Trinajstić information content (AvgIpc) is 3.49.